The van der Waals surface area contributed by atoms with E-state index in [9.17, 15) is 36.2 Å². The first-order valence-electron chi connectivity index (χ1n) is 14.3. The van der Waals surface area contributed by atoms with Gasteiger partial charge in [-0.2, -0.15) is 26.3 Å². The zero-order chi connectivity index (χ0) is 30.7. The third-order valence-electron chi connectivity index (χ3n) is 8.84. The zero-order valence-electron chi connectivity index (χ0n) is 23.8. The topological polar surface area (TPSA) is 53.0 Å². The molecule has 1 saturated heterocycles. The van der Waals surface area contributed by atoms with Crippen molar-refractivity contribution in [3.05, 3.63) is 70.8 Å². The average molecular weight is 601 g/mol. The standard InChI is InChI=1S/C31H38F6N2O3/c1-38(2)28(41)21-10-14-39(15-11-21)26-8-12-29(13-9-26,23-6-4-3-5-7-23)20-42-27(19-40)22-16-24(30(32,33)34)18-25(17-22)31(35,36)37/h3-7,16-18,21,26-27,40H,8-15,19-20H2,1-2H3/t26-,27?,29-. The Bertz CT molecular complexity index is 1150. The predicted molar refractivity (Wildman–Crippen MR) is 146 cm³/mol. The molecule has 11 heteroatoms. The molecule has 1 heterocycles. The van der Waals surface area contributed by atoms with Crippen molar-refractivity contribution >= 4 is 5.91 Å². The lowest BCUT2D eigenvalue weighted by molar-refractivity contribution is -0.143. The molecule has 1 amide bonds. The van der Waals surface area contributed by atoms with E-state index in [1.807, 2.05) is 30.3 Å². The number of benzene rings is 2. The maximum atomic E-state index is 13.5. The van der Waals surface area contributed by atoms with Gasteiger partial charge in [-0.15, -0.1) is 0 Å². The van der Waals surface area contributed by atoms with Gasteiger partial charge in [-0.3, -0.25) is 4.79 Å². The van der Waals surface area contributed by atoms with E-state index in [0.717, 1.165) is 44.3 Å². The number of likely N-dealkylation sites (tertiary alicyclic amines) is 1. The first-order chi connectivity index (χ1) is 19.7. The van der Waals surface area contributed by atoms with E-state index < -0.39 is 41.6 Å². The largest absolute Gasteiger partial charge is 0.416 e. The lowest BCUT2D eigenvalue weighted by Crippen LogP contribution is -2.48. The fraction of sp³-hybridized carbons (Fsp3) is 0.581. The Labute approximate surface area is 242 Å². The van der Waals surface area contributed by atoms with E-state index in [1.54, 1.807) is 19.0 Å². The molecule has 0 bridgehead atoms. The number of carbonyl (C=O) groups excluding carboxylic acids is 1. The predicted octanol–water partition coefficient (Wildman–Crippen LogP) is 6.46. The van der Waals surface area contributed by atoms with E-state index in [1.165, 1.54) is 0 Å². The number of aliphatic hydroxyl groups is 1. The summed E-state index contributed by atoms with van der Waals surface area (Å²) in [7, 11) is 3.54. The van der Waals surface area contributed by atoms with Crippen molar-refractivity contribution in [3.8, 4) is 0 Å². The highest BCUT2D eigenvalue weighted by Gasteiger charge is 2.41. The monoisotopic (exact) mass is 600 g/mol. The van der Waals surface area contributed by atoms with Gasteiger partial charge in [0.15, 0.2) is 0 Å². The van der Waals surface area contributed by atoms with Crippen LogP contribution in [0.4, 0.5) is 26.3 Å². The van der Waals surface area contributed by atoms with Crippen LogP contribution >= 0.6 is 0 Å². The molecule has 2 aliphatic rings. The molecule has 1 N–H and O–H groups in total. The number of aliphatic hydroxyl groups excluding tert-OH is 1. The second kappa shape index (κ2) is 12.9. The molecule has 2 fully saturated rings. The van der Waals surface area contributed by atoms with E-state index >= 15 is 0 Å². The van der Waals surface area contributed by atoms with Crippen molar-refractivity contribution in [2.45, 2.75) is 68.4 Å². The molecule has 1 atom stereocenters. The quantitative estimate of drug-likeness (QED) is 0.354. The Morgan fingerprint density at radius 2 is 1.50 bits per heavy atom. The highest BCUT2D eigenvalue weighted by atomic mass is 19.4. The molecule has 2 aromatic rings. The van der Waals surface area contributed by atoms with E-state index in [-0.39, 0.29) is 30.1 Å². The molecular weight excluding hydrogens is 562 g/mol. The number of hydrogen-bond donors (Lipinski definition) is 1. The minimum atomic E-state index is -4.99. The van der Waals surface area contributed by atoms with Crippen LogP contribution in [0, 0.1) is 5.92 Å². The number of amides is 1. The van der Waals surface area contributed by atoms with E-state index in [2.05, 4.69) is 4.90 Å². The van der Waals surface area contributed by atoms with Gasteiger partial charge in [0.2, 0.25) is 5.91 Å². The maximum Gasteiger partial charge on any atom is 0.416 e. The minimum absolute atomic E-state index is 0.0285. The lowest BCUT2D eigenvalue weighted by Gasteiger charge is -2.46. The summed E-state index contributed by atoms with van der Waals surface area (Å²) in [4.78, 5) is 16.4. The highest BCUT2D eigenvalue weighted by molar-refractivity contribution is 5.78. The first kappa shape index (κ1) is 32.3. The summed E-state index contributed by atoms with van der Waals surface area (Å²) in [5.41, 5.74) is -2.78. The van der Waals surface area contributed by atoms with Gasteiger partial charge >= 0.3 is 12.4 Å². The molecule has 42 heavy (non-hydrogen) atoms. The molecule has 0 aromatic heterocycles. The van der Waals surface area contributed by atoms with Gasteiger partial charge in [0, 0.05) is 31.5 Å². The third-order valence-corrected chi connectivity index (χ3v) is 8.84. The van der Waals surface area contributed by atoms with Crippen molar-refractivity contribution in [2.24, 2.45) is 5.92 Å². The number of ether oxygens (including phenoxy) is 1. The van der Waals surface area contributed by atoms with Gasteiger partial charge in [0.25, 0.3) is 0 Å². The summed E-state index contributed by atoms with van der Waals surface area (Å²) in [5.74, 6) is 0.181. The van der Waals surface area contributed by atoms with Gasteiger partial charge < -0.3 is 19.6 Å². The number of carbonyl (C=O) groups is 1. The normalized spacial score (nSPS) is 23.5. The van der Waals surface area contributed by atoms with Crippen LogP contribution in [-0.2, 0) is 27.3 Å². The van der Waals surface area contributed by atoms with Gasteiger partial charge in [-0.1, -0.05) is 30.3 Å². The molecular formula is C31H38F6N2O3. The second-order valence-electron chi connectivity index (χ2n) is 11.7. The molecule has 0 spiro atoms. The molecule has 0 radical (unpaired) electrons. The molecule has 4 rings (SSSR count). The molecule has 1 unspecified atom stereocenters. The van der Waals surface area contributed by atoms with Crippen LogP contribution in [0.15, 0.2) is 48.5 Å². The molecule has 1 aliphatic carbocycles. The van der Waals surface area contributed by atoms with Crippen molar-refractivity contribution < 1.29 is 41.0 Å². The summed E-state index contributed by atoms with van der Waals surface area (Å²) in [6, 6.07) is 11.2. The first-order valence-corrected chi connectivity index (χ1v) is 14.3. The van der Waals surface area contributed by atoms with Gasteiger partial charge in [-0.25, -0.2) is 0 Å². The van der Waals surface area contributed by atoms with Crippen molar-refractivity contribution in [1.29, 1.82) is 0 Å². The Hall–Kier alpha value is -2.63. The van der Waals surface area contributed by atoms with Gasteiger partial charge in [-0.05, 0) is 80.9 Å². The molecule has 1 aliphatic heterocycles. The van der Waals surface area contributed by atoms with Gasteiger partial charge in [0.1, 0.15) is 6.10 Å². The lowest BCUT2D eigenvalue weighted by atomic mass is 9.68. The van der Waals surface area contributed by atoms with Gasteiger partial charge in [0.05, 0.1) is 24.3 Å². The number of piperidine rings is 1. The number of alkyl halides is 6. The number of halogens is 6. The minimum Gasteiger partial charge on any atom is -0.393 e. The Morgan fingerprint density at radius 3 is 1.98 bits per heavy atom. The van der Waals surface area contributed by atoms with Crippen LogP contribution in [0.2, 0.25) is 0 Å². The fourth-order valence-corrected chi connectivity index (χ4v) is 6.38. The van der Waals surface area contributed by atoms with Crippen molar-refractivity contribution in [1.82, 2.24) is 9.80 Å². The van der Waals surface area contributed by atoms with Crippen LogP contribution in [0.1, 0.15) is 66.9 Å². The Morgan fingerprint density at radius 1 is 0.952 bits per heavy atom. The third kappa shape index (κ3) is 7.47. The summed E-state index contributed by atoms with van der Waals surface area (Å²) in [6.45, 7) is 0.916. The van der Waals surface area contributed by atoms with Crippen molar-refractivity contribution in [3.63, 3.8) is 0 Å². The van der Waals surface area contributed by atoms with Crippen LogP contribution in [0.3, 0.4) is 0 Å². The fourth-order valence-electron chi connectivity index (χ4n) is 6.38. The number of rotatable bonds is 8. The van der Waals surface area contributed by atoms with E-state index in [0.29, 0.717) is 31.0 Å². The van der Waals surface area contributed by atoms with Crippen LogP contribution in [0.5, 0.6) is 0 Å². The summed E-state index contributed by atoms with van der Waals surface area (Å²) in [5, 5.41) is 10.0. The SMILES string of the molecule is CN(C)C(=O)C1CCN([C@H]2CC[C@](COC(CO)c3cc(C(F)(F)F)cc(C(F)(F)F)c3)(c3ccccc3)CC2)CC1. The number of nitrogens with zero attached hydrogens (tertiary/aromatic N) is 2. The Balaban J connectivity index is 1.50. The molecule has 2 aromatic carbocycles. The molecule has 5 nitrogen and oxygen atoms in total. The summed E-state index contributed by atoms with van der Waals surface area (Å²) < 4.78 is 86.7. The van der Waals surface area contributed by atoms with Crippen LogP contribution in [0.25, 0.3) is 0 Å². The molecule has 232 valence electrons. The summed E-state index contributed by atoms with van der Waals surface area (Å²) in [6.07, 6.45) is -6.68. The smallest absolute Gasteiger partial charge is 0.393 e. The van der Waals surface area contributed by atoms with Crippen molar-refractivity contribution in [2.75, 3.05) is 40.4 Å². The Kier molecular flexibility index (Phi) is 9.94. The van der Waals surface area contributed by atoms with Crippen LogP contribution in [-0.4, -0.2) is 67.3 Å². The maximum absolute atomic E-state index is 13.5. The second-order valence-corrected chi connectivity index (χ2v) is 11.7. The average Bonchev–Trinajstić information content (AvgIpc) is 2.97. The highest BCUT2D eigenvalue weighted by Crippen LogP contribution is 2.43. The molecule has 1 saturated carbocycles. The summed E-state index contributed by atoms with van der Waals surface area (Å²) >= 11 is 0. The zero-order valence-corrected chi connectivity index (χ0v) is 23.8. The van der Waals surface area contributed by atoms with Crippen LogP contribution < -0.4 is 0 Å². The number of hydrogen-bond acceptors (Lipinski definition) is 4. The van der Waals surface area contributed by atoms with E-state index in [4.69, 9.17) is 4.74 Å².